The first-order chi connectivity index (χ1) is 9.60. The number of carbonyl (C=O) groups excluding carboxylic acids is 2. The van der Waals surface area contributed by atoms with Gasteiger partial charge in [-0.25, -0.2) is 4.79 Å². The lowest BCUT2D eigenvalue weighted by molar-refractivity contribution is -0.130. The maximum absolute atomic E-state index is 12.1. The highest BCUT2D eigenvalue weighted by Crippen LogP contribution is 2.17. The van der Waals surface area contributed by atoms with E-state index in [9.17, 15) is 9.59 Å². The van der Waals surface area contributed by atoms with E-state index in [1.807, 2.05) is 18.2 Å². The topological polar surface area (TPSA) is 61.9 Å². The average Bonchev–Trinajstić information content (AvgIpc) is 2.47. The van der Waals surface area contributed by atoms with Crippen molar-refractivity contribution in [2.75, 3.05) is 38.6 Å². The van der Waals surface area contributed by atoms with Gasteiger partial charge >= 0.3 is 6.03 Å². The molecule has 108 valence electrons. The van der Waals surface area contributed by atoms with Crippen LogP contribution < -0.4 is 10.1 Å². The number of methoxy groups -OCH3 is 1. The number of rotatable bonds is 2. The molecule has 0 unspecified atom stereocenters. The first kappa shape index (κ1) is 14.2. The van der Waals surface area contributed by atoms with Gasteiger partial charge < -0.3 is 19.9 Å². The minimum Gasteiger partial charge on any atom is -0.497 e. The molecule has 6 heteroatoms. The summed E-state index contributed by atoms with van der Waals surface area (Å²) < 4.78 is 5.11. The smallest absolute Gasteiger partial charge is 0.321 e. The first-order valence-corrected chi connectivity index (χ1v) is 6.55. The molecule has 0 bridgehead atoms. The Morgan fingerprint density at radius 2 is 1.80 bits per heavy atom. The summed E-state index contributed by atoms with van der Waals surface area (Å²) in [4.78, 5) is 26.8. The van der Waals surface area contributed by atoms with E-state index < -0.39 is 0 Å². The Balaban J connectivity index is 1.91. The van der Waals surface area contributed by atoms with Gasteiger partial charge in [0.15, 0.2) is 0 Å². The second-order valence-electron chi connectivity index (χ2n) is 4.66. The number of ether oxygens (including phenoxy) is 1. The van der Waals surface area contributed by atoms with Crippen LogP contribution in [0.4, 0.5) is 10.5 Å². The molecule has 3 amide bonds. The zero-order valence-corrected chi connectivity index (χ0v) is 11.8. The molecule has 0 spiro atoms. The summed E-state index contributed by atoms with van der Waals surface area (Å²) in [5.41, 5.74) is 0.698. The third-order valence-corrected chi connectivity index (χ3v) is 3.33. The number of hydrogen-bond acceptors (Lipinski definition) is 3. The predicted molar refractivity (Wildman–Crippen MR) is 75.8 cm³/mol. The summed E-state index contributed by atoms with van der Waals surface area (Å²) in [7, 11) is 1.59. The van der Waals surface area contributed by atoms with Crippen molar-refractivity contribution in [3.63, 3.8) is 0 Å². The van der Waals surface area contributed by atoms with Crippen LogP contribution in [0.2, 0.25) is 0 Å². The van der Waals surface area contributed by atoms with Gasteiger partial charge in [0.1, 0.15) is 5.75 Å². The van der Waals surface area contributed by atoms with Crippen molar-refractivity contribution in [3.05, 3.63) is 24.3 Å². The minimum atomic E-state index is -0.151. The molecule has 0 atom stereocenters. The maximum Gasteiger partial charge on any atom is 0.321 e. The molecule has 20 heavy (non-hydrogen) atoms. The van der Waals surface area contributed by atoms with E-state index in [0.29, 0.717) is 37.6 Å². The van der Waals surface area contributed by atoms with E-state index in [2.05, 4.69) is 5.32 Å². The van der Waals surface area contributed by atoms with Gasteiger partial charge in [-0.15, -0.1) is 0 Å². The molecule has 0 radical (unpaired) electrons. The van der Waals surface area contributed by atoms with Crippen LogP contribution in [0.1, 0.15) is 6.92 Å². The van der Waals surface area contributed by atoms with Crippen molar-refractivity contribution < 1.29 is 14.3 Å². The largest absolute Gasteiger partial charge is 0.497 e. The van der Waals surface area contributed by atoms with E-state index in [1.165, 1.54) is 0 Å². The third-order valence-electron chi connectivity index (χ3n) is 3.33. The van der Waals surface area contributed by atoms with Crippen LogP contribution in [0.3, 0.4) is 0 Å². The Bertz CT molecular complexity index is 496. The molecule has 1 heterocycles. The summed E-state index contributed by atoms with van der Waals surface area (Å²) in [6.07, 6.45) is 0. The van der Waals surface area contributed by atoms with Gasteiger partial charge in [0.05, 0.1) is 7.11 Å². The Morgan fingerprint density at radius 1 is 1.15 bits per heavy atom. The molecule has 6 nitrogen and oxygen atoms in total. The average molecular weight is 277 g/mol. The summed E-state index contributed by atoms with van der Waals surface area (Å²) in [5.74, 6) is 0.752. The molecule has 2 rings (SSSR count). The zero-order chi connectivity index (χ0) is 14.5. The molecule has 1 aromatic carbocycles. The summed E-state index contributed by atoms with van der Waals surface area (Å²) >= 11 is 0. The molecular weight excluding hydrogens is 258 g/mol. The monoisotopic (exact) mass is 277 g/mol. The van der Waals surface area contributed by atoms with Gasteiger partial charge in [0.2, 0.25) is 5.91 Å². The maximum atomic E-state index is 12.1. The van der Waals surface area contributed by atoms with Crippen molar-refractivity contribution in [2.45, 2.75) is 6.92 Å². The van der Waals surface area contributed by atoms with Gasteiger partial charge in [0.25, 0.3) is 0 Å². The molecule has 1 aliphatic rings. The second-order valence-corrected chi connectivity index (χ2v) is 4.66. The van der Waals surface area contributed by atoms with E-state index in [-0.39, 0.29) is 11.9 Å². The van der Waals surface area contributed by atoms with E-state index in [1.54, 1.807) is 29.9 Å². The quantitative estimate of drug-likeness (QED) is 0.888. The minimum absolute atomic E-state index is 0.0536. The molecule has 0 saturated carbocycles. The standard InChI is InChI=1S/C14H19N3O3/c1-11(18)16-6-8-17(9-7-16)14(19)15-12-4-3-5-13(10-12)20-2/h3-5,10H,6-9H2,1-2H3,(H,15,19). The van der Waals surface area contributed by atoms with Gasteiger partial charge in [-0.3, -0.25) is 4.79 Å². The normalized spacial score (nSPS) is 14.9. The molecule has 1 aliphatic heterocycles. The number of nitrogens with zero attached hydrogens (tertiary/aromatic N) is 2. The van der Waals surface area contributed by atoms with Crippen molar-refractivity contribution in [1.29, 1.82) is 0 Å². The fourth-order valence-electron chi connectivity index (χ4n) is 2.13. The lowest BCUT2D eigenvalue weighted by Crippen LogP contribution is -2.51. The van der Waals surface area contributed by atoms with Crippen LogP contribution in [0.5, 0.6) is 5.75 Å². The second kappa shape index (κ2) is 6.27. The number of anilines is 1. The Morgan fingerprint density at radius 3 is 2.40 bits per heavy atom. The molecular formula is C14H19N3O3. The molecule has 1 aromatic rings. The number of nitrogens with one attached hydrogen (secondary N) is 1. The van der Waals surface area contributed by atoms with Gasteiger partial charge in [0, 0.05) is 44.9 Å². The zero-order valence-electron chi connectivity index (χ0n) is 11.8. The highest BCUT2D eigenvalue weighted by molar-refractivity contribution is 5.89. The van der Waals surface area contributed by atoms with Crippen LogP contribution in [0.15, 0.2) is 24.3 Å². The molecule has 1 saturated heterocycles. The lowest BCUT2D eigenvalue weighted by Gasteiger charge is -2.34. The molecule has 1 N–H and O–H groups in total. The van der Waals surface area contributed by atoms with Crippen molar-refractivity contribution >= 4 is 17.6 Å². The highest BCUT2D eigenvalue weighted by atomic mass is 16.5. The summed E-state index contributed by atoms with van der Waals surface area (Å²) in [6.45, 7) is 3.82. The molecule has 0 aliphatic carbocycles. The fourth-order valence-corrected chi connectivity index (χ4v) is 2.13. The van der Waals surface area contributed by atoms with Crippen molar-refractivity contribution in [2.24, 2.45) is 0 Å². The van der Waals surface area contributed by atoms with Crippen LogP contribution in [-0.4, -0.2) is 55.0 Å². The third kappa shape index (κ3) is 3.40. The Labute approximate surface area is 118 Å². The fraction of sp³-hybridized carbons (Fsp3) is 0.429. The highest BCUT2D eigenvalue weighted by Gasteiger charge is 2.22. The Hall–Kier alpha value is -2.24. The Kier molecular flexibility index (Phi) is 4.45. The van der Waals surface area contributed by atoms with Gasteiger partial charge in [-0.1, -0.05) is 6.07 Å². The SMILES string of the molecule is COc1cccc(NC(=O)N2CCN(C(C)=O)CC2)c1. The van der Waals surface area contributed by atoms with Crippen LogP contribution in [-0.2, 0) is 4.79 Å². The predicted octanol–water partition coefficient (Wildman–Crippen LogP) is 1.39. The number of urea groups is 1. The van der Waals surface area contributed by atoms with Crippen LogP contribution >= 0.6 is 0 Å². The lowest BCUT2D eigenvalue weighted by atomic mass is 10.3. The summed E-state index contributed by atoms with van der Waals surface area (Å²) in [5, 5.41) is 2.83. The number of benzene rings is 1. The molecule has 0 aromatic heterocycles. The number of carbonyl (C=O) groups is 2. The number of amides is 3. The van der Waals surface area contributed by atoms with Gasteiger partial charge in [-0.2, -0.15) is 0 Å². The first-order valence-electron chi connectivity index (χ1n) is 6.55. The van der Waals surface area contributed by atoms with E-state index in [4.69, 9.17) is 4.74 Å². The van der Waals surface area contributed by atoms with Crippen molar-refractivity contribution in [3.8, 4) is 5.75 Å². The van der Waals surface area contributed by atoms with Crippen LogP contribution in [0, 0.1) is 0 Å². The van der Waals surface area contributed by atoms with E-state index in [0.717, 1.165) is 0 Å². The summed E-state index contributed by atoms with van der Waals surface area (Å²) in [6, 6.07) is 7.07. The van der Waals surface area contributed by atoms with E-state index >= 15 is 0 Å². The number of hydrogen-bond donors (Lipinski definition) is 1. The number of piperazine rings is 1. The molecule has 1 fully saturated rings. The van der Waals surface area contributed by atoms with Gasteiger partial charge in [-0.05, 0) is 12.1 Å². The van der Waals surface area contributed by atoms with Crippen LogP contribution in [0.25, 0.3) is 0 Å². The van der Waals surface area contributed by atoms with Crippen molar-refractivity contribution in [1.82, 2.24) is 9.80 Å².